The third-order valence-corrected chi connectivity index (χ3v) is 1.06. The lowest BCUT2D eigenvalue weighted by atomic mass is 10.2. The van der Waals surface area contributed by atoms with Crippen molar-refractivity contribution in [3.8, 4) is 0 Å². The second-order valence-corrected chi connectivity index (χ2v) is 1.94. The maximum absolute atomic E-state index is 5.50. The summed E-state index contributed by atoms with van der Waals surface area (Å²) in [4.78, 5) is 0. The Bertz CT molecular complexity index is 207. The minimum absolute atomic E-state index is 0.755. The monoisotopic (exact) mass is 119 g/mol. The van der Waals surface area contributed by atoms with E-state index in [1.54, 1.807) is 0 Å². The fourth-order valence-electron chi connectivity index (χ4n) is 0.656. The molecule has 1 aliphatic rings. The average molecular weight is 119 g/mol. The largest absolute Gasteiger partial charge is 0.399 e. The molecule has 0 heterocycles. The number of hydrogen-bond acceptors (Lipinski definition) is 1. The number of hydrogen-bond donors (Lipinski definition) is 1. The Hall–Kier alpha value is -1.24. The molecule has 0 aromatic carbocycles. The van der Waals surface area contributed by atoms with Gasteiger partial charge in [-0.15, -0.1) is 0 Å². The summed E-state index contributed by atoms with van der Waals surface area (Å²) in [7, 11) is 0. The van der Waals surface area contributed by atoms with Crippen molar-refractivity contribution >= 4 is 0 Å². The first-order valence-electron chi connectivity index (χ1n) is 2.80. The molecule has 0 saturated heterocycles. The van der Waals surface area contributed by atoms with Gasteiger partial charge in [-0.25, -0.2) is 0 Å². The third kappa shape index (κ3) is 1.61. The zero-order valence-corrected chi connectivity index (χ0v) is 5.17. The van der Waals surface area contributed by atoms with Gasteiger partial charge in [0.05, 0.1) is 0 Å². The highest BCUT2D eigenvalue weighted by molar-refractivity contribution is 5.38. The van der Waals surface area contributed by atoms with Crippen molar-refractivity contribution in [1.82, 2.24) is 0 Å². The van der Waals surface area contributed by atoms with Crippen LogP contribution in [0.25, 0.3) is 0 Å². The summed E-state index contributed by atoms with van der Waals surface area (Å²) in [6.45, 7) is 3.74. The van der Waals surface area contributed by atoms with Gasteiger partial charge in [-0.3, -0.25) is 0 Å². The van der Waals surface area contributed by atoms with Crippen LogP contribution in [0.15, 0.2) is 48.2 Å². The van der Waals surface area contributed by atoms with Gasteiger partial charge in [0, 0.05) is 5.70 Å². The van der Waals surface area contributed by atoms with Crippen LogP contribution in [0.3, 0.4) is 0 Å². The van der Waals surface area contributed by atoms with Crippen molar-refractivity contribution in [2.45, 2.75) is 0 Å². The van der Waals surface area contributed by atoms with E-state index in [4.69, 9.17) is 5.73 Å². The first kappa shape index (κ1) is 5.89. The molecule has 1 aliphatic carbocycles. The van der Waals surface area contributed by atoms with Gasteiger partial charge in [-0.2, -0.15) is 0 Å². The lowest BCUT2D eigenvalue weighted by molar-refractivity contribution is 1.42. The fraction of sp³-hybridized carbons (Fsp3) is 0. The van der Waals surface area contributed by atoms with E-state index in [2.05, 4.69) is 6.58 Å². The van der Waals surface area contributed by atoms with Crippen molar-refractivity contribution in [3.05, 3.63) is 48.2 Å². The van der Waals surface area contributed by atoms with Crippen LogP contribution in [0.2, 0.25) is 0 Å². The molecule has 0 aromatic heterocycles. The van der Waals surface area contributed by atoms with Crippen LogP contribution in [0.1, 0.15) is 0 Å². The second kappa shape index (κ2) is 2.35. The number of allylic oxidation sites excluding steroid dienone is 6. The van der Waals surface area contributed by atoms with Crippen LogP contribution in [0.5, 0.6) is 0 Å². The smallest absolute Gasteiger partial charge is 0.0319 e. The van der Waals surface area contributed by atoms with Gasteiger partial charge in [0.25, 0.3) is 0 Å². The van der Waals surface area contributed by atoms with Crippen LogP contribution in [-0.4, -0.2) is 0 Å². The molecule has 0 amide bonds. The fourth-order valence-corrected chi connectivity index (χ4v) is 0.656. The van der Waals surface area contributed by atoms with Gasteiger partial charge < -0.3 is 5.73 Å². The minimum Gasteiger partial charge on any atom is -0.399 e. The minimum atomic E-state index is 0.755. The van der Waals surface area contributed by atoms with Crippen LogP contribution in [-0.2, 0) is 0 Å². The van der Waals surface area contributed by atoms with Crippen LogP contribution in [0, 0.1) is 0 Å². The maximum atomic E-state index is 5.50. The Morgan fingerprint density at radius 1 is 1.22 bits per heavy atom. The molecule has 0 bridgehead atoms. The molecule has 0 radical (unpaired) electrons. The van der Waals surface area contributed by atoms with Gasteiger partial charge in [0.1, 0.15) is 0 Å². The van der Waals surface area contributed by atoms with E-state index in [0.29, 0.717) is 0 Å². The molecule has 0 spiro atoms. The molecular formula is C8H9N. The Labute approximate surface area is 54.9 Å². The molecule has 46 valence electrons. The molecule has 9 heavy (non-hydrogen) atoms. The quantitative estimate of drug-likeness (QED) is 0.514. The predicted molar refractivity (Wildman–Crippen MR) is 39.7 cm³/mol. The summed E-state index contributed by atoms with van der Waals surface area (Å²) in [6, 6.07) is 0. The van der Waals surface area contributed by atoms with Gasteiger partial charge in [-0.1, -0.05) is 24.8 Å². The van der Waals surface area contributed by atoms with E-state index in [-0.39, 0.29) is 0 Å². The molecule has 0 fully saturated rings. The van der Waals surface area contributed by atoms with E-state index in [9.17, 15) is 0 Å². The third-order valence-electron chi connectivity index (χ3n) is 1.06. The summed E-state index contributed by atoms with van der Waals surface area (Å²) in [5, 5.41) is 0. The highest BCUT2D eigenvalue weighted by Gasteiger charge is 1.86. The molecule has 0 saturated carbocycles. The molecule has 1 rings (SSSR count). The van der Waals surface area contributed by atoms with E-state index in [1.807, 2.05) is 30.4 Å². The highest BCUT2D eigenvalue weighted by atomic mass is 14.5. The van der Waals surface area contributed by atoms with Crippen molar-refractivity contribution in [2.75, 3.05) is 0 Å². The van der Waals surface area contributed by atoms with E-state index in [1.165, 1.54) is 0 Å². The summed E-state index contributed by atoms with van der Waals surface area (Å²) in [5.74, 6) is 0. The van der Waals surface area contributed by atoms with E-state index in [0.717, 1.165) is 11.3 Å². The predicted octanol–water partition coefficient (Wildman–Crippen LogP) is 1.51. The molecule has 0 atom stereocenters. The van der Waals surface area contributed by atoms with Crippen molar-refractivity contribution < 1.29 is 0 Å². The average Bonchev–Trinajstić information content (AvgIpc) is 1.93. The SMILES string of the molecule is C=C1C=CC=CC(N)=C1. The highest BCUT2D eigenvalue weighted by Crippen LogP contribution is 2.03. The van der Waals surface area contributed by atoms with Crippen LogP contribution in [0.4, 0.5) is 0 Å². The van der Waals surface area contributed by atoms with E-state index >= 15 is 0 Å². The Morgan fingerprint density at radius 3 is 2.67 bits per heavy atom. The van der Waals surface area contributed by atoms with Crippen molar-refractivity contribution in [1.29, 1.82) is 0 Å². The van der Waals surface area contributed by atoms with E-state index < -0.39 is 0 Å². The summed E-state index contributed by atoms with van der Waals surface area (Å²) in [6.07, 6.45) is 9.40. The summed E-state index contributed by atoms with van der Waals surface area (Å²) >= 11 is 0. The van der Waals surface area contributed by atoms with Crippen LogP contribution >= 0.6 is 0 Å². The second-order valence-electron chi connectivity index (χ2n) is 1.94. The molecular weight excluding hydrogens is 110 g/mol. The Kier molecular flexibility index (Phi) is 1.54. The lowest BCUT2D eigenvalue weighted by Crippen LogP contribution is -1.90. The van der Waals surface area contributed by atoms with Gasteiger partial charge in [-0.05, 0) is 17.7 Å². The molecule has 1 nitrogen and oxygen atoms in total. The molecule has 0 unspecified atom stereocenters. The Balaban J connectivity index is 2.90. The first-order valence-corrected chi connectivity index (χ1v) is 2.80. The molecule has 2 N–H and O–H groups in total. The topological polar surface area (TPSA) is 26.0 Å². The van der Waals surface area contributed by atoms with Crippen molar-refractivity contribution in [2.24, 2.45) is 5.73 Å². The zero-order chi connectivity index (χ0) is 6.69. The van der Waals surface area contributed by atoms with Crippen molar-refractivity contribution in [3.63, 3.8) is 0 Å². The standard InChI is InChI=1S/C8H9N/c1-7-4-2-3-5-8(9)6-7/h2-6H,1,9H2. The molecule has 0 aliphatic heterocycles. The number of nitrogens with two attached hydrogens (primary N) is 1. The molecule has 0 aromatic rings. The summed E-state index contributed by atoms with van der Waals surface area (Å²) in [5.41, 5.74) is 7.20. The van der Waals surface area contributed by atoms with Gasteiger partial charge >= 0.3 is 0 Å². The first-order chi connectivity index (χ1) is 4.29. The number of rotatable bonds is 0. The van der Waals surface area contributed by atoms with Gasteiger partial charge in [0.2, 0.25) is 0 Å². The maximum Gasteiger partial charge on any atom is 0.0319 e. The lowest BCUT2D eigenvalue weighted by Gasteiger charge is -1.87. The van der Waals surface area contributed by atoms with Crippen LogP contribution < -0.4 is 5.73 Å². The zero-order valence-electron chi connectivity index (χ0n) is 5.17. The van der Waals surface area contributed by atoms with Gasteiger partial charge in [0.15, 0.2) is 0 Å². The normalized spacial score (nSPS) is 17.3. The summed E-state index contributed by atoms with van der Waals surface area (Å²) < 4.78 is 0. The Morgan fingerprint density at radius 2 is 1.89 bits per heavy atom. The molecule has 1 heteroatoms.